The summed E-state index contributed by atoms with van der Waals surface area (Å²) in [5, 5.41) is 7.35. The van der Waals surface area contributed by atoms with Crippen LogP contribution in [0.4, 0.5) is 10.8 Å². The SMILES string of the molecule is CNc1cc(C(=O)Nc2ncc(Br)s2)nc2ccccc12. The van der Waals surface area contributed by atoms with Gasteiger partial charge in [0.05, 0.1) is 15.5 Å². The van der Waals surface area contributed by atoms with Crippen LogP contribution in [0.25, 0.3) is 10.9 Å². The lowest BCUT2D eigenvalue weighted by atomic mass is 10.1. The number of hydrogen-bond donors (Lipinski definition) is 2. The van der Waals surface area contributed by atoms with E-state index in [0.717, 1.165) is 20.4 Å². The maximum absolute atomic E-state index is 12.3. The molecule has 2 heterocycles. The Morgan fingerprint density at radius 3 is 2.86 bits per heavy atom. The number of halogens is 1. The van der Waals surface area contributed by atoms with Crippen LogP contribution in [-0.2, 0) is 0 Å². The number of anilines is 2. The zero-order chi connectivity index (χ0) is 14.8. The van der Waals surface area contributed by atoms with Gasteiger partial charge in [-0.2, -0.15) is 0 Å². The van der Waals surface area contributed by atoms with Crippen LogP contribution in [0.1, 0.15) is 10.5 Å². The Kier molecular flexibility index (Phi) is 3.85. The summed E-state index contributed by atoms with van der Waals surface area (Å²) in [6.45, 7) is 0. The third kappa shape index (κ3) is 2.88. The van der Waals surface area contributed by atoms with Crippen molar-refractivity contribution in [2.45, 2.75) is 0 Å². The minimum absolute atomic E-state index is 0.279. The number of benzene rings is 1. The molecule has 1 amide bonds. The molecule has 0 aliphatic heterocycles. The van der Waals surface area contributed by atoms with Crippen LogP contribution in [-0.4, -0.2) is 22.9 Å². The highest BCUT2D eigenvalue weighted by Gasteiger charge is 2.13. The maximum Gasteiger partial charge on any atom is 0.276 e. The average Bonchev–Trinajstić information content (AvgIpc) is 2.91. The molecular weight excluding hydrogens is 352 g/mol. The van der Waals surface area contributed by atoms with Crippen molar-refractivity contribution in [2.24, 2.45) is 0 Å². The summed E-state index contributed by atoms with van der Waals surface area (Å²) in [4.78, 5) is 20.8. The quantitative estimate of drug-likeness (QED) is 0.744. The molecule has 0 bridgehead atoms. The van der Waals surface area contributed by atoms with Gasteiger partial charge in [-0.05, 0) is 28.1 Å². The van der Waals surface area contributed by atoms with E-state index in [1.807, 2.05) is 31.3 Å². The number of fused-ring (bicyclic) bond motifs is 1. The first-order chi connectivity index (χ1) is 10.2. The van der Waals surface area contributed by atoms with E-state index < -0.39 is 0 Å². The first kappa shape index (κ1) is 14.0. The van der Waals surface area contributed by atoms with Gasteiger partial charge in [0.15, 0.2) is 5.13 Å². The molecule has 0 atom stereocenters. The van der Waals surface area contributed by atoms with Gasteiger partial charge in [-0.3, -0.25) is 10.1 Å². The molecule has 2 aromatic heterocycles. The monoisotopic (exact) mass is 362 g/mol. The van der Waals surface area contributed by atoms with Gasteiger partial charge in [0.25, 0.3) is 5.91 Å². The normalized spacial score (nSPS) is 10.6. The zero-order valence-corrected chi connectivity index (χ0v) is 13.5. The topological polar surface area (TPSA) is 66.9 Å². The van der Waals surface area contributed by atoms with Crippen molar-refractivity contribution in [3.8, 4) is 0 Å². The number of pyridine rings is 1. The van der Waals surface area contributed by atoms with Gasteiger partial charge >= 0.3 is 0 Å². The Morgan fingerprint density at radius 1 is 1.33 bits per heavy atom. The van der Waals surface area contributed by atoms with Crippen molar-refractivity contribution >= 4 is 54.9 Å². The molecule has 5 nitrogen and oxygen atoms in total. The van der Waals surface area contributed by atoms with Gasteiger partial charge in [0.1, 0.15) is 5.69 Å². The van der Waals surface area contributed by atoms with Crippen molar-refractivity contribution in [2.75, 3.05) is 17.7 Å². The summed E-state index contributed by atoms with van der Waals surface area (Å²) in [6.07, 6.45) is 1.65. The van der Waals surface area contributed by atoms with Crippen molar-refractivity contribution in [3.05, 3.63) is 46.0 Å². The van der Waals surface area contributed by atoms with Gasteiger partial charge < -0.3 is 5.32 Å². The summed E-state index contributed by atoms with van der Waals surface area (Å²) >= 11 is 4.67. The largest absolute Gasteiger partial charge is 0.388 e. The number of nitrogens with zero attached hydrogens (tertiary/aromatic N) is 2. The van der Waals surface area contributed by atoms with Crippen LogP contribution in [0, 0.1) is 0 Å². The molecule has 3 aromatic rings. The van der Waals surface area contributed by atoms with E-state index in [1.54, 1.807) is 12.3 Å². The lowest BCUT2D eigenvalue weighted by molar-refractivity contribution is 0.102. The van der Waals surface area contributed by atoms with Crippen molar-refractivity contribution in [1.29, 1.82) is 0 Å². The molecule has 0 aliphatic rings. The summed E-state index contributed by atoms with van der Waals surface area (Å²) in [5.74, 6) is -0.279. The molecule has 2 N–H and O–H groups in total. The van der Waals surface area contributed by atoms with E-state index in [9.17, 15) is 4.79 Å². The molecule has 7 heteroatoms. The van der Waals surface area contributed by atoms with Crippen LogP contribution in [0.3, 0.4) is 0 Å². The van der Waals surface area contributed by atoms with E-state index in [0.29, 0.717) is 10.8 Å². The van der Waals surface area contributed by atoms with E-state index >= 15 is 0 Å². The zero-order valence-electron chi connectivity index (χ0n) is 11.1. The Labute approximate surface area is 133 Å². The molecule has 106 valence electrons. The standard InChI is InChI=1S/C14H11BrN4OS/c1-16-10-6-11(18-9-5-3-2-4-8(9)10)13(20)19-14-17-7-12(15)21-14/h2-7H,1H3,(H,16,18)(H,17,19,20). The average molecular weight is 363 g/mol. The summed E-state index contributed by atoms with van der Waals surface area (Å²) < 4.78 is 0.861. The summed E-state index contributed by atoms with van der Waals surface area (Å²) in [7, 11) is 1.82. The van der Waals surface area contributed by atoms with Crippen LogP contribution in [0.2, 0.25) is 0 Å². The van der Waals surface area contributed by atoms with Crippen LogP contribution in [0.15, 0.2) is 40.3 Å². The van der Waals surface area contributed by atoms with Crippen molar-refractivity contribution < 1.29 is 4.79 Å². The number of para-hydroxylation sites is 1. The first-order valence-electron chi connectivity index (χ1n) is 6.17. The third-order valence-electron chi connectivity index (χ3n) is 2.92. The molecule has 0 unspecified atom stereocenters. The van der Waals surface area contributed by atoms with E-state index in [2.05, 4.69) is 36.5 Å². The summed E-state index contributed by atoms with van der Waals surface area (Å²) in [5.41, 5.74) is 1.99. The van der Waals surface area contributed by atoms with Gasteiger partial charge in [-0.15, -0.1) is 0 Å². The Bertz CT molecular complexity index is 818. The smallest absolute Gasteiger partial charge is 0.276 e. The predicted octanol–water partition coefficient (Wildman–Crippen LogP) is 3.75. The maximum atomic E-state index is 12.3. The highest BCUT2D eigenvalue weighted by Crippen LogP contribution is 2.25. The molecule has 0 saturated carbocycles. The number of carbonyl (C=O) groups excluding carboxylic acids is 1. The minimum Gasteiger partial charge on any atom is -0.388 e. The highest BCUT2D eigenvalue weighted by atomic mass is 79.9. The second-order valence-corrected chi connectivity index (χ2v) is 6.66. The minimum atomic E-state index is -0.279. The van der Waals surface area contributed by atoms with Crippen molar-refractivity contribution in [1.82, 2.24) is 9.97 Å². The Hall–Kier alpha value is -1.99. The first-order valence-corrected chi connectivity index (χ1v) is 7.78. The number of thiazole rings is 1. The van der Waals surface area contributed by atoms with E-state index in [4.69, 9.17) is 0 Å². The molecule has 21 heavy (non-hydrogen) atoms. The fraction of sp³-hybridized carbons (Fsp3) is 0.0714. The second kappa shape index (κ2) is 5.79. The summed E-state index contributed by atoms with van der Waals surface area (Å²) in [6, 6.07) is 9.42. The van der Waals surface area contributed by atoms with Crippen molar-refractivity contribution in [3.63, 3.8) is 0 Å². The number of rotatable bonds is 3. The number of nitrogens with one attached hydrogen (secondary N) is 2. The predicted molar refractivity (Wildman–Crippen MR) is 89.1 cm³/mol. The molecule has 0 aliphatic carbocycles. The van der Waals surface area contributed by atoms with Gasteiger partial charge in [0, 0.05) is 18.1 Å². The molecular formula is C14H11BrN4OS. The number of hydrogen-bond acceptors (Lipinski definition) is 5. The molecule has 0 radical (unpaired) electrons. The number of carbonyl (C=O) groups is 1. The van der Waals surface area contributed by atoms with Crippen LogP contribution < -0.4 is 10.6 Å². The number of amides is 1. The molecule has 3 rings (SSSR count). The Morgan fingerprint density at radius 2 is 2.14 bits per heavy atom. The second-order valence-electron chi connectivity index (χ2n) is 4.25. The van der Waals surface area contributed by atoms with Gasteiger partial charge in [0.2, 0.25) is 0 Å². The fourth-order valence-corrected chi connectivity index (χ4v) is 3.07. The highest BCUT2D eigenvalue weighted by molar-refractivity contribution is 9.11. The lowest BCUT2D eigenvalue weighted by Crippen LogP contribution is -2.14. The number of aromatic nitrogens is 2. The fourth-order valence-electron chi connectivity index (χ4n) is 1.97. The van der Waals surface area contributed by atoms with Crippen LogP contribution >= 0.6 is 27.3 Å². The molecule has 0 spiro atoms. The van der Waals surface area contributed by atoms with Crippen LogP contribution in [0.5, 0.6) is 0 Å². The molecule has 0 saturated heterocycles. The lowest BCUT2D eigenvalue weighted by Gasteiger charge is -2.08. The van der Waals surface area contributed by atoms with Gasteiger partial charge in [-0.1, -0.05) is 29.5 Å². The molecule has 0 fully saturated rings. The van der Waals surface area contributed by atoms with E-state index in [-0.39, 0.29) is 5.91 Å². The molecule has 1 aromatic carbocycles. The van der Waals surface area contributed by atoms with Gasteiger partial charge in [-0.25, -0.2) is 9.97 Å². The Balaban J connectivity index is 1.98. The van der Waals surface area contributed by atoms with E-state index in [1.165, 1.54) is 11.3 Å². The third-order valence-corrected chi connectivity index (χ3v) is 4.31.